The predicted molar refractivity (Wildman–Crippen MR) is 100 cm³/mol. The second kappa shape index (κ2) is 7.52. The highest BCUT2D eigenvalue weighted by atomic mass is 32.2. The van der Waals surface area contributed by atoms with E-state index in [1.54, 1.807) is 17.6 Å². The first kappa shape index (κ1) is 18.5. The normalized spacial score (nSPS) is 11.8. The number of fused-ring (bicyclic) bond motifs is 1. The fourth-order valence-corrected chi connectivity index (χ4v) is 3.77. The van der Waals surface area contributed by atoms with Crippen LogP contribution < -0.4 is 10.5 Å². The molecule has 0 saturated carbocycles. The van der Waals surface area contributed by atoms with E-state index in [2.05, 4.69) is 15.3 Å². The first-order valence-corrected chi connectivity index (χ1v) is 10.5. The van der Waals surface area contributed by atoms with Crippen LogP contribution in [0.15, 0.2) is 34.7 Å². The number of sulfonamides is 1. The summed E-state index contributed by atoms with van der Waals surface area (Å²) >= 11 is 1.36. The lowest BCUT2D eigenvalue weighted by Gasteiger charge is -2.08. The van der Waals surface area contributed by atoms with Crippen molar-refractivity contribution in [2.24, 2.45) is 5.14 Å². The number of primary sulfonamides is 1. The molecule has 26 heavy (non-hydrogen) atoms. The van der Waals surface area contributed by atoms with Crippen LogP contribution >= 0.6 is 11.3 Å². The van der Waals surface area contributed by atoms with Gasteiger partial charge in [-0.25, -0.2) is 23.5 Å². The summed E-state index contributed by atoms with van der Waals surface area (Å²) < 4.78 is 25.1. The van der Waals surface area contributed by atoms with Crippen LogP contribution in [0.4, 0.5) is 5.13 Å². The van der Waals surface area contributed by atoms with Gasteiger partial charge < -0.3 is 9.88 Å². The number of carbonyl (C=O) groups is 1. The number of nitrogens with two attached hydrogens (primary N) is 1. The number of carbonyl (C=O) groups excluding carboxylic acids is 1. The van der Waals surface area contributed by atoms with Gasteiger partial charge in [-0.2, -0.15) is 0 Å². The zero-order chi connectivity index (χ0) is 18.7. The summed E-state index contributed by atoms with van der Waals surface area (Å²) in [4.78, 5) is 20.7. The van der Waals surface area contributed by atoms with Crippen LogP contribution in [-0.4, -0.2) is 28.9 Å². The van der Waals surface area contributed by atoms with Crippen molar-refractivity contribution < 1.29 is 13.2 Å². The number of aromatic nitrogens is 3. The lowest BCUT2D eigenvalue weighted by molar-refractivity contribution is -0.116. The van der Waals surface area contributed by atoms with Crippen LogP contribution in [0.1, 0.15) is 25.6 Å². The summed E-state index contributed by atoms with van der Waals surface area (Å²) in [5.74, 6) is 0.600. The van der Waals surface area contributed by atoms with E-state index in [1.807, 2.05) is 11.5 Å². The number of nitrogens with zero attached hydrogens (tertiary/aromatic N) is 3. The van der Waals surface area contributed by atoms with Gasteiger partial charge in [0.25, 0.3) is 0 Å². The predicted octanol–water partition coefficient (Wildman–Crippen LogP) is 2.12. The van der Waals surface area contributed by atoms with Crippen molar-refractivity contribution >= 4 is 43.4 Å². The van der Waals surface area contributed by atoms with Crippen LogP contribution in [0.5, 0.6) is 0 Å². The minimum Gasteiger partial charge on any atom is -0.328 e. The number of imidazole rings is 1. The summed E-state index contributed by atoms with van der Waals surface area (Å²) in [5.41, 5.74) is 1.38. The molecule has 0 unspecified atom stereocenters. The second-order valence-corrected chi connectivity index (χ2v) is 8.22. The molecule has 8 nitrogen and oxygen atoms in total. The van der Waals surface area contributed by atoms with E-state index in [-0.39, 0.29) is 17.2 Å². The average Bonchev–Trinajstić information content (AvgIpc) is 3.20. The molecule has 10 heteroatoms. The SMILES string of the molecule is CCCn1c(CCC(=O)Nc2nccs2)nc2cc(S(N)(=O)=O)ccc21. The van der Waals surface area contributed by atoms with Crippen LogP contribution in [0, 0.1) is 0 Å². The van der Waals surface area contributed by atoms with Crippen molar-refractivity contribution in [2.45, 2.75) is 37.6 Å². The number of benzene rings is 1. The van der Waals surface area contributed by atoms with Crippen molar-refractivity contribution in [3.8, 4) is 0 Å². The molecule has 1 amide bonds. The van der Waals surface area contributed by atoms with Crippen molar-refractivity contribution in [3.05, 3.63) is 35.6 Å². The number of anilines is 1. The molecule has 0 aliphatic rings. The first-order valence-electron chi connectivity index (χ1n) is 8.10. The fourth-order valence-electron chi connectivity index (χ4n) is 2.69. The number of hydrogen-bond donors (Lipinski definition) is 2. The Morgan fingerprint density at radius 3 is 2.85 bits per heavy atom. The molecule has 3 N–H and O–H groups in total. The Kier molecular flexibility index (Phi) is 5.35. The molecule has 0 spiro atoms. The molecule has 3 rings (SSSR count). The third kappa shape index (κ3) is 4.09. The van der Waals surface area contributed by atoms with Gasteiger partial charge in [0.2, 0.25) is 15.9 Å². The second-order valence-electron chi connectivity index (χ2n) is 5.76. The molecule has 0 aliphatic heterocycles. The molecular weight excluding hydrogens is 374 g/mol. The Hall–Kier alpha value is -2.30. The quantitative estimate of drug-likeness (QED) is 0.637. The highest BCUT2D eigenvalue weighted by molar-refractivity contribution is 7.89. The lowest BCUT2D eigenvalue weighted by atomic mass is 10.2. The third-order valence-electron chi connectivity index (χ3n) is 3.83. The largest absolute Gasteiger partial charge is 0.328 e. The first-order chi connectivity index (χ1) is 12.4. The Morgan fingerprint density at radius 1 is 1.38 bits per heavy atom. The van der Waals surface area contributed by atoms with Gasteiger partial charge in [0.1, 0.15) is 5.82 Å². The third-order valence-corrected chi connectivity index (χ3v) is 5.43. The summed E-state index contributed by atoms with van der Waals surface area (Å²) in [6.45, 7) is 2.78. The maximum Gasteiger partial charge on any atom is 0.238 e. The number of nitrogens with one attached hydrogen (secondary N) is 1. The minimum absolute atomic E-state index is 0.0270. The highest BCUT2D eigenvalue weighted by Gasteiger charge is 2.15. The molecule has 0 fully saturated rings. The Morgan fingerprint density at radius 2 is 2.19 bits per heavy atom. The Labute approximate surface area is 155 Å². The van der Waals surface area contributed by atoms with Gasteiger partial charge >= 0.3 is 0 Å². The molecule has 2 aromatic heterocycles. The highest BCUT2D eigenvalue weighted by Crippen LogP contribution is 2.21. The van der Waals surface area contributed by atoms with E-state index in [4.69, 9.17) is 5.14 Å². The maximum absolute atomic E-state index is 12.1. The van der Waals surface area contributed by atoms with Crippen molar-refractivity contribution in [3.63, 3.8) is 0 Å². The van der Waals surface area contributed by atoms with Crippen molar-refractivity contribution in [1.29, 1.82) is 0 Å². The summed E-state index contributed by atoms with van der Waals surface area (Å²) in [7, 11) is -3.78. The van der Waals surface area contributed by atoms with E-state index in [0.717, 1.165) is 24.3 Å². The molecule has 2 heterocycles. The number of thiazole rings is 1. The number of hydrogen-bond acceptors (Lipinski definition) is 6. The van der Waals surface area contributed by atoms with E-state index in [0.29, 0.717) is 17.1 Å². The van der Waals surface area contributed by atoms with Gasteiger partial charge in [-0.1, -0.05) is 6.92 Å². The van der Waals surface area contributed by atoms with E-state index in [1.165, 1.54) is 23.5 Å². The van der Waals surface area contributed by atoms with Crippen LogP contribution in [0.3, 0.4) is 0 Å². The number of aryl methyl sites for hydroxylation is 2. The molecular formula is C16H19N5O3S2. The topological polar surface area (TPSA) is 120 Å². The smallest absolute Gasteiger partial charge is 0.238 e. The van der Waals surface area contributed by atoms with Crippen molar-refractivity contribution in [1.82, 2.24) is 14.5 Å². The van der Waals surface area contributed by atoms with Crippen LogP contribution in [-0.2, 0) is 27.8 Å². The Balaban J connectivity index is 1.84. The van der Waals surface area contributed by atoms with Gasteiger partial charge in [0, 0.05) is 31.0 Å². The standard InChI is InChI=1S/C16H19N5O3S2/c1-2-8-21-13-4-3-11(26(17,23)24)10-12(13)19-14(21)5-6-15(22)20-16-18-7-9-25-16/h3-4,7,9-10H,2,5-6,8H2,1H3,(H2,17,23,24)(H,18,20,22). The van der Waals surface area contributed by atoms with Gasteiger partial charge in [0.15, 0.2) is 5.13 Å². The summed E-state index contributed by atoms with van der Waals surface area (Å²) in [6, 6.07) is 4.65. The zero-order valence-corrected chi connectivity index (χ0v) is 15.8. The molecule has 0 atom stereocenters. The minimum atomic E-state index is -3.78. The Bertz CT molecular complexity index is 1030. The molecule has 0 aliphatic carbocycles. The fraction of sp³-hybridized carbons (Fsp3) is 0.312. The molecule has 0 radical (unpaired) electrons. The van der Waals surface area contributed by atoms with Gasteiger partial charge in [-0.15, -0.1) is 11.3 Å². The van der Waals surface area contributed by atoms with Gasteiger partial charge in [-0.3, -0.25) is 4.79 Å². The van der Waals surface area contributed by atoms with Gasteiger partial charge in [-0.05, 0) is 24.6 Å². The molecule has 3 aromatic rings. The summed E-state index contributed by atoms with van der Waals surface area (Å²) in [5, 5.41) is 10.3. The molecule has 138 valence electrons. The van der Waals surface area contributed by atoms with Crippen LogP contribution in [0.2, 0.25) is 0 Å². The molecule has 0 saturated heterocycles. The monoisotopic (exact) mass is 393 g/mol. The summed E-state index contributed by atoms with van der Waals surface area (Å²) in [6.07, 6.45) is 3.22. The van der Waals surface area contributed by atoms with Crippen LogP contribution in [0.25, 0.3) is 11.0 Å². The number of amides is 1. The molecule has 0 bridgehead atoms. The average molecular weight is 393 g/mol. The van der Waals surface area contributed by atoms with E-state index in [9.17, 15) is 13.2 Å². The van der Waals surface area contributed by atoms with Crippen molar-refractivity contribution in [2.75, 3.05) is 5.32 Å². The van der Waals surface area contributed by atoms with E-state index < -0.39 is 10.0 Å². The zero-order valence-electron chi connectivity index (χ0n) is 14.2. The number of rotatable bonds is 7. The van der Waals surface area contributed by atoms with E-state index >= 15 is 0 Å². The molecule has 1 aromatic carbocycles. The maximum atomic E-state index is 12.1. The lowest BCUT2D eigenvalue weighted by Crippen LogP contribution is -2.14. The van der Waals surface area contributed by atoms with Gasteiger partial charge in [0.05, 0.1) is 15.9 Å².